The van der Waals surface area contributed by atoms with Gasteiger partial charge >= 0.3 is 0 Å². The molecule has 0 aliphatic heterocycles. The number of ether oxygens (including phenoxy) is 1. The molecule has 0 heterocycles. The minimum atomic E-state index is -0.122. The largest absolute Gasteiger partial charge is 0.507 e. The standard InChI is InChI=1S/C23H29NO2/c1-6-7-8-13-26-20-11-9-19(10-12-20)24-16-18-14-17(2)15-21(22(18)25)23(3,4)5/h6,9-12,14-16,25H,1,7-8,13H2,2-5H3. The van der Waals surface area contributed by atoms with E-state index in [1.165, 1.54) is 0 Å². The Morgan fingerprint density at radius 3 is 2.46 bits per heavy atom. The number of nitrogens with zero attached hydrogens (tertiary/aromatic N) is 1. The van der Waals surface area contributed by atoms with Crippen molar-refractivity contribution >= 4 is 11.9 Å². The highest BCUT2D eigenvalue weighted by atomic mass is 16.5. The molecule has 0 fully saturated rings. The van der Waals surface area contributed by atoms with Crippen LogP contribution in [0.3, 0.4) is 0 Å². The zero-order valence-corrected chi connectivity index (χ0v) is 16.2. The first-order valence-electron chi connectivity index (χ1n) is 9.03. The Kier molecular flexibility index (Phi) is 6.62. The van der Waals surface area contributed by atoms with Gasteiger partial charge in [0.15, 0.2) is 0 Å². The molecule has 0 aliphatic rings. The molecular weight excluding hydrogens is 322 g/mol. The molecule has 0 radical (unpaired) electrons. The van der Waals surface area contributed by atoms with E-state index in [4.69, 9.17) is 4.74 Å². The molecule has 0 saturated carbocycles. The summed E-state index contributed by atoms with van der Waals surface area (Å²) < 4.78 is 5.67. The van der Waals surface area contributed by atoms with Gasteiger partial charge in [0.05, 0.1) is 12.3 Å². The third-order valence-corrected chi connectivity index (χ3v) is 4.10. The van der Waals surface area contributed by atoms with Crippen molar-refractivity contribution in [3.63, 3.8) is 0 Å². The fraction of sp³-hybridized carbons (Fsp3) is 0.348. The maximum Gasteiger partial charge on any atom is 0.128 e. The van der Waals surface area contributed by atoms with Crippen LogP contribution in [0.4, 0.5) is 5.69 Å². The van der Waals surface area contributed by atoms with Crippen LogP contribution in [-0.2, 0) is 5.41 Å². The first-order valence-corrected chi connectivity index (χ1v) is 9.03. The maximum atomic E-state index is 10.6. The van der Waals surface area contributed by atoms with Gasteiger partial charge in [-0.3, -0.25) is 4.99 Å². The van der Waals surface area contributed by atoms with Crippen LogP contribution >= 0.6 is 0 Å². The van der Waals surface area contributed by atoms with Crippen molar-refractivity contribution in [1.29, 1.82) is 0 Å². The van der Waals surface area contributed by atoms with Crippen LogP contribution in [-0.4, -0.2) is 17.9 Å². The number of aliphatic imine (C=N–C) groups is 1. The van der Waals surface area contributed by atoms with E-state index < -0.39 is 0 Å². The van der Waals surface area contributed by atoms with Crippen molar-refractivity contribution < 1.29 is 9.84 Å². The monoisotopic (exact) mass is 351 g/mol. The van der Waals surface area contributed by atoms with E-state index in [1.54, 1.807) is 6.21 Å². The molecule has 0 atom stereocenters. The van der Waals surface area contributed by atoms with Crippen molar-refractivity contribution in [3.05, 3.63) is 65.7 Å². The number of hydrogen-bond donors (Lipinski definition) is 1. The van der Waals surface area contributed by atoms with Gasteiger partial charge in [-0.15, -0.1) is 6.58 Å². The minimum absolute atomic E-state index is 0.122. The molecule has 0 unspecified atom stereocenters. The van der Waals surface area contributed by atoms with E-state index in [1.807, 2.05) is 49.4 Å². The molecule has 3 nitrogen and oxygen atoms in total. The molecule has 0 saturated heterocycles. The lowest BCUT2D eigenvalue weighted by Gasteiger charge is -2.22. The van der Waals surface area contributed by atoms with Crippen LogP contribution in [0.2, 0.25) is 0 Å². The Morgan fingerprint density at radius 1 is 1.15 bits per heavy atom. The molecule has 0 aromatic heterocycles. The molecule has 2 aromatic rings. The zero-order chi connectivity index (χ0) is 19.2. The first kappa shape index (κ1) is 19.8. The molecule has 0 spiro atoms. The number of phenols is 1. The molecule has 138 valence electrons. The van der Waals surface area contributed by atoms with Gasteiger partial charge in [-0.05, 0) is 61.1 Å². The van der Waals surface area contributed by atoms with Gasteiger partial charge in [0.25, 0.3) is 0 Å². The van der Waals surface area contributed by atoms with Gasteiger partial charge in [-0.2, -0.15) is 0 Å². The van der Waals surface area contributed by atoms with Gasteiger partial charge in [-0.25, -0.2) is 0 Å². The number of aromatic hydroxyl groups is 1. The van der Waals surface area contributed by atoms with Crippen molar-refractivity contribution in [2.75, 3.05) is 6.61 Å². The molecule has 1 N–H and O–H groups in total. The van der Waals surface area contributed by atoms with Crippen LogP contribution < -0.4 is 4.74 Å². The third kappa shape index (κ3) is 5.48. The van der Waals surface area contributed by atoms with Crippen LogP contribution in [0.15, 0.2) is 54.0 Å². The summed E-state index contributed by atoms with van der Waals surface area (Å²) in [7, 11) is 0. The lowest BCUT2D eigenvalue weighted by molar-refractivity contribution is 0.312. The predicted molar refractivity (Wildman–Crippen MR) is 110 cm³/mol. The Hall–Kier alpha value is -2.55. The van der Waals surface area contributed by atoms with Crippen LogP contribution in [0.25, 0.3) is 0 Å². The number of aryl methyl sites for hydroxylation is 1. The van der Waals surface area contributed by atoms with Gasteiger partial charge in [0.1, 0.15) is 11.5 Å². The van der Waals surface area contributed by atoms with Crippen LogP contribution in [0.5, 0.6) is 11.5 Å². The summed E-state index contributed by atoms with van der Waals surface area (Å²) in [4.78, 5) is 4.50. The molecule has 3 heteroatoms. The Bertz CT molecular complexity index is 768. The summed E-state index contributed by atoms with van der Waals surface area (Å²) in [5.74, 6) is 1.13. The summed E-state index contributed by atoms with van der Waals surface area (Å²) in [5.41, 5.74) is 3.48. The zero-order valence-electron chi connectivity index (χ0n) is 16.2. The third-order valence-electron chi connectivity index (χ3n) is 4.10. The van der Waals surface area contributed by atoms with E-state index in [0.717, 1.165) is 41.0 Å². The van der Waals surface area contributed by atoms with Gasteiger partial charge in [-0.1, -0.05) is 32.9 Å². The smallest absolute Gasteiger partial charge is 0.128 e. The number of rotatable bonds is 7. The minimum Gasteiger partial charge on any atom is -0.507 e. The van der Waals surface area contributed by atoms with Gasteiger partial charge in [0.2, 0.25) is 0 Å². The molecular formula is C23H29NO2. The Balaban J connectivity index is 2.12. The summed E-state index contributed by atoms with van der Waals surface area (Å²) in [5, 5.41) is 10.6. The fourth-order valence-corrected chi connectivity index (χ4v) is 2.67. The number of allylic oxidation sites excluding steroid dienone is 1. The quantitative estimate of drug-likeness (QED) is 0.372. The average molecular weight is 351 g/mol. The Labute approximate surface area is 157 Å². The SMILES string of the molecule is C=CCCCOc1ccc(N=Cc2cc(C)cc(C(C)(C)C)c2O)cc1. The first-order chi connectivity index (χ1) is 12.3. The Morgan fingerprint density at radius 2 is 1.85 bits per heavy atom. The number of unbranched alkanes of at least 4 members (excludes halogenated alkanes) is 1. The van der Waals surface area contributed by atoms with Crippen LogP contribution in [0, 0.1) is 6.92 Å². The van der Waals surface area contributed by atoms with E-state index in [0.29, 0.717) is 12.4 Å². The number of hydrogen-bond acceptors (Lipinski definition) is 3. The van der Waals surface area contributed by atoms with Gasteiger partial charge in [0, 0.05) is 17.3 Å². The lowest BCUT2D eigenvalue weighted by Crippen LogP contribution is -2.12. The molecule has 2 rings (SSSR count). The number of benzene rings is 2. The number of phenolic OH excluding ortho intramolecular Hbond substituents is 1. The van der Waals surface area contributed by atoms with Crippen LogP contribution in [0.1, 0.15) is 50.3 Å². The maximum absolute atomic E-state index is 10.6. The van der Waals surface area contributed by atoms with Crippen molar-refractivity contribution in [3.8, 4) is 11.5 Å². The summed E-state index contributed by atoms with van der Waals surface area (Å²) >= 11 is 0. The average Bonchev–Trinajstić information content (AvgIpc) is 2.59. The second-order valence-electron chi connectivity index (χ2n) is 7.53. The van der Waals surface area contributed by atoms with Crippen molar-refractivity contribution in [1.82, 2.24) is 0 Å². The summed E-state index contributed by atoms with van der Waals surface area (Å²) in [6.07, 6.45) is 5.54. The summed E-state index contributed by atoms with van der Waals surface area (Å²) in [6, 6.07) is 11.6. The van der Waals surface area contributed by atoms with Gasteiger partial charge < -0.3 is 9.84 Å². The van der Waals surface area contributed by atoms with E-state index in [2.05, 4.69) is 32.3 Å². The second-order valence-corrected chi connectivity index (χ2v) is 7.53. The molecule has 0 aliphatic carbocycles. The highest BCUT2D eigenvalue weighted by molar-refractivity contribution is 5.86. The van der Waals surface area contributed by atoms with E-state index in [-0.39, 0.29) is 5.41 Å². The van der Waals surface area contributed by atoms with Crippen molar-refractivity contribution in [2.24, 2.45) is 4.99 Å². The lowest BCUT2D eigenvalue weighted by atomic mass is 9.84. The molecule has 26 heavy (non-hydrogen) atoms. The fourth-order valence-electron chi connectivity index (χ4n) is 2.67. The second kappa shape index (κ2) is 8.70. The summed E-state index contributed by atoms with van der Waals surface area (Å²) in [6.45, 7) is 12.7. The topological polar surface area (TPSA) is 41.8 Å². The van der Waals surface area contributed by atoms with E-state index in [9.17, 15) is 5.11 Å². The highest BCUT2D eigenvalue weighted by Crippen LogP contribution is 2.34. The van der Waals surface area contributed by atoms with Crippen molar-refractivity contribution in [2.45, 2.75) is 46.0 Å². The molecule has 0 amide bonds. The molecule has 0 bridgehead atoms. The normalized spacial score (nSPS) is 11.7. The highest BCUT2D eigenvalue weighted by Gasteiger charge is 2.20. The molecule has 2 aromatic carbocycles. The predicted octanol–water partition coefficient (Wildman–Crippen LogP) is 6.09. The van der Waals surface area contributed by atoms with E-state index >= 15 is 0 Å².